The zero-order valence-electron chi connectivity index (χ0n) is 10.3. The van der Waals surface area contributed by atoms with E-state index in [-0.39, 0.29) is 0 Å². The molecule has 0 saturated heterocycles. The van der Waals surface area contributed by atoms with Crippen LogP contribution >= 0.6 is 11.6 Å². The van der Waals surface area contributed by atoms with Gasteiger partial charge in [-0.25, -0.2) is 0 Å². The number of rotatable bonds is 3. The Kier molecular flexibility index (Phi) is 3.34. The van der Waals surface area contributed by atoms with E-state index in [1.165, 1.54) is 7.11 Å². The normalized spacial score (nSPS) is 10.4. The second kappa shape index (κ2) is 4.78. The van der Waals surface area contributed by atoms with E-state index in [1.54, 1.807) is 19.2 Å². The zero-order valence-corrected chi connectivity index (χ0v) is 11.0. The molecule has 1 heterocycles. The fraction of sp³-hybridized carbons (Fsp3) is 0.250. The van der Waals surface area contributed by atoms with Crippen LogP contribution in [0.25, 0.3) is 11.3 Å². The molecule has 1 aromatic heterocycles. The molecule has 0 aliphatic heterocycles. The third-order valence-corrected chi connectivity index (χ3v) is 2.92. The van der Waals surface area contributed by atoms with Gasteiger partial charge in [0.1, 0.15) is 0 Å². The van der Waals surface area contributed by atoms with Crippen molar-refractivity contribution in [1.82, 2.24) is 5.16 Å². The molecule has 18 heavy (non-hydrogen) atoms. The molecule has 0 saturated carbocycles. The Bertz CT molecular complexity index is 581. The summed E-state index contributed by atoms with van der Waals surface area (Å²) < 4.78 is 15.7. The second-order valence-corrected chi connectivity index (χ2v) is 4.12. The Morgan fingerprint density at radius 2 is 1.89 bits per heavy atom. The minimum Gasteiger partial charge on any atom is -0.493 e. The van der Waals surface area contributed by atoms with Crippen LogP contribution in [0.2, 0.25) is 5.02 Å². The minimum absolute atomic E-state index is 0.315. The van der Waals surface area contributed by atoms with Gasteiger partial charge in [0.05, 0.1) is 19.2 Å². The van der Waals surface area contributed by atoms with Crippen molar-refractivity contribution < 1.29 is 14.0 Å². The molecule has 96 valence electrons. The molecule has 0 fully saturated rings. The first-order chi connectivity index (χ1) is 8.58. The maximum atomic E-state index is 6.14. The fourth-order valence-corrected chi connectivity index (χ4v) is 2.08. The number of nitrogens with zero attached hydrogens (tertiary/aromatic N) is 1. The maximum absolute atomic E-state index is 6.14. The van der Waals surface area contributed by atoms with Crippen LogP contribution in [-0.4, -0.2) is 19.4 Å². The lowest BCUT2D eigenvalue weighted by Gasteiger charge is -2.14. The topological polar surface area (TPSA) is 70.5 Å². The van der Waals surface area contributed by atoms with Gasteiger partial charge in [0.2, 0.25) is 0 Å². The van der Waals surface area contributed by atoms with Crippen LogP contribution in [0, 0.1) is 6.92 Å². The largest absolute Gasteiger partial charge is 0.493 e. The van der Waals surface area contributed by atoms with Gasteiger partial charge in [-0.15, -0.1) is 0 Å². The lowest BCUT2D eigenvalue weighted by atomic mass is 10.0. The van der Waals surface area contributed by atoms with E-state index in [1.807, 2.05) is 6.92 Å². The summed E-state index contributed by atoms with van der Waals surface area (Å²) >= 11 is 6.14. The van der Waals surface area contributed by atoms with Crippen LogP contribution in [0.15, 0.2) is 16.7 Å². The number of nitrogen functional groups attached to an aromatic ring is 1. The van der Waals surface area contributed by atoms with Gasteiger partial charge in [0, 0.05) is 17.2 Å². The van der Waals surface area contributed by atoms with Crippen LogP contribution < -0.4 is 15.2 Å². The van der Waals surface area contributed by atoms with Crippen molar-refractivity contribution >= 4 is 17.4 Å². The van der Waals surface area contributed by atoms with Crippen LogP contribution in [-0.2, 0) is 0 Å². The van der Waals surface area contributed by atoms with Crippen molar-refractivity contribution in [3.63, 3.8) is 0 Å². The van der Waals surface area contributed by atoms with Gasteiger partial charge in [-0.2, -0.15) is 0 Å². The fourth-order valence-electron chi connectivity index (χ4n) is 1.81. The third-order valence-electron chi connectivity index (χ3n) is 2.64. The van der Waals surface area contributed by atoms with Crippen molar-refractivity contribution in [3.8, 4) is 22.8 Å². The first-order valence-corrected chi connectivity index (χ1v) is 5.60. The van der Waals surface area contributed by atoms with Gasteiger partial charge in [-0.1, -0.05) is 16.8 Å². The molecule has 0 amide bonds. The van der Waals surface area contributed by atoms with Crippen molar-refractivity contribution in [2.24, 2.45) is 0 Å². The quantitative estimate of drug-likeness (QED) is 0.927. The number of anilines is 1. The van der Waals surface area contributed by atoms with Crippen LogP contribution in [0.5, 0.6) is 11.5 Å². The van der Waals surface area contributed by atoms with E-state index in [0.29, 0.717) is 28.1 Å². The molecular weight excluding hydrogens is 256 g/mol. The molecular formula is C12H13ClN2O3. The van der Waals surface area contributed by atoms with E-state index in [0.717, 1.165) is 11.1 Å². The van der Waals surface area contributed by atoms with Crippen molar-refractivity contribution in [2.45, 2.75) is 6.92 Å². The summed E-state index contributed by atoms with van der Waals surface area (Å²) in [5.41, 5.74) is 7.15. The van der Waals surface area contributed by atoms with Crippen LogP contribution in [0.4, 0.5) is 5.82 Å². The van der Waals surface area contributed by atoms with E-state index in [4.69, 9.17) is 31.3 Å². The monoisotopic (exact) mass is 268 g/mol. The standard InChI is InChI=1S/C12H13ClN2O3/c1-6-7(9-5-10(14)15-18-9)4-8(13)12(17-3)11(6)16-2/h4-5H,1-3H3,(H2,14,15). The van der Waals surface area contributed by atoms with Gasteiger partial charge < -0.3 is 19.7 Å². The number of aromatic nitrogens is 1. The van der Waals surface area contributed by atoms with Crippen molar-refractivity contribution in [2.75, 3.05) is 20.0 Å². The number of halogens is 1. The smallest absolute Gasteiger partial charge is 0.179 e. The van der Waals surface area contributed by atoms with Crippen molar-refractivity contribution in [1.29, 1.82) is 0 Å². The predicted molar refractivity (Wildman–Crippen MR) is 69.2 cm³/mol. The number of methoxy groups -OCH3 is 2. The van der Waals surface area contributed by atoms with Crippen LogP contribution in [0.1, 0.15) is 5.56 Å². The SMILES string of the molecule is COc1c(Cl)cc(-c2cc(N)no2)c(C)c1OC. The molecule has 5 nitrogen and oxygen atoms in total. The summed E-state index contributed by atoms with van der Waals surface area (Å²) in [6, 6.07) is 3.36. The highest BCUT2D eigenvalue weighted by Gasteiger charge is 2.19. The number of benzene rings is 1. The Labute approximate surface area is 109 Å². The zero-order chi connectivity index (χ0) is 13.3. The molecule has 6 heteroatoms. The summed E-state index contributed by atoms with van der Waals surface area (Å²) in [5.74, 6) is 1.91. The van der Waals surface area contributed by atoms with E-state index in [2.05, 4.69) is 5.16 Å². The van der Waals surface area contributed by atoms with Gasteiger partial charge in [-0.3, -0.25) is 0 Å². The van der Waals surface area contributed by atoms with Gasteiger partial charge >= 0.3 is 0 Å². The summed E-state index contributed by atoms with van der Waals surface area (Å²) in [6.45, 7) is 1.88. The highest BCUT2D eigenvalue weighted by molar-refractivity contribution is 6.32. The molecule has 0 bridgehead atoms. The highest BCUT2D eigenvalue weighted by atomic mass is 35.5. The summed E-state index contributed by atoms with van der Waals surface area (Å²) in [5, 5.41) is 4.08. The molecule has 0 radical (unpaired) electrons. The van der Waals surface area contributed by atoms with Gasteiger partial charge in [0.15, 0.2) is 23.1 Å². The lowest BCUT2D eigenvalue weighted by Crippen LogP contribution is -1.96. The van der Waals surface area contributed by atoms with E-state index >= 15 is 0 Å². The second-order valence-electron chi connectivity index (χ2n) is 3.71. The Hall–Kier alpha value is -1.88. The first kappa shape index (κ1) is 12.6. The van der Waals surface area contributed by atoms with Gasteiger partial charge in [0.25, 0.3) is 0 Å². The van der Waals surface area contributed by atoms with Crippen molar-refractivity contribution in [3.05, 3.63) is 22.7 Å². The molecule has 2 rings (SSSR count). The number of ether oxygens (including phenoxy) is 2. The Morgan fingerprint density at radius 3 is 2.39 bits per heavy atom. The first-order valence-electron chi connectivity index (χ1n) is 5.22. The number of hydrogen-bond donors (Lipinski definition) is 1. The average molecular weight is 269 g/mol. The molecule has 1 aromatic carbocycles. The third kappa shape index (κ3) is 1.97. The summed E-state index contributed by atoms with van der Waals surface area (Å²) in [4.78, 5) is 0. The predicted octanol–water partition coefficient (Wildman–Crippen LogP) is 2.90. The molecule has 0 unspecified atom stereocenters. The molecule has 2 N–H and O–H groups in total. The summed E-state index contributed by atoms with van der Waals surface area (Å²) in [7, 11) is 3.09. The molecule has 2 aromatic rings. The van der Waals surface area contributed by atoms with E-state index in [9.17, 15) is 0 Å². The lowest BCUT2D eigenvalue weighted by molar-refractivity contribution is 0.353. The van der Waals surface area contributed by atoms with Gasteiger partial charge in [-0.05, 0) is 13.0 Å². The average Bonchev–Trinajstić information content (AvgIpc) is 2.77. The molecule has 0 atom stereocenters. The Morgan fingerprint density at radius 1 is 1.22 bits per heavy atom. The molecule has 0 aliphatic rings. The molecule has 0 spiro atoms. The number of hydrogen-bond acceptors (Lipinski definition) is 5. The highest BCUT2D eigenvalue weighted by Crippen LogP contribution is 2.43. The minimum atomic E-state index is 0.315. The Balaban J connectivity index is 2.66. The number of nitrogens with two attached hydrogens (primary N) is 1. The summed E-state index contributed by atoms with van der Waals surface area (Å²) in [6.07, 6.45) is 0. The van der Waals surface area contributed by atoms with Crippen LogP contribution in [0.3, 0.4) is 0 Å². The molecule has 0 aliphatic carbocycles. The van der Waals surface area contributed by atoms with E-state index < -0.39 is 0 Å². The maximum Gasteiger partial charge on any atom is 0.179 e.